The molecule has 0 fully saturated rings. The van der Waals surface area contributed by atoms with Crippen molar-refractivity contribution in [1.29, 1.82) is 0 Å². The minimum atomic E-state index is -0.563. The lowest BCUT2D eigenvalue weighted by Gasteiger charge is -2.20. The second kappa shape index (κ2) is 10.2. The molecule has 0 saturated carbocycles. The van der Waals surface area contributed by atoms with Crippen molar-refractivity contribution in [2.24, 2.45) is 0 Å². The van der Waals surface area contributed by atoms with Crippen LogP contribution in [0.5, 0.6) is 5.75 Å². The third-order valence-corrected chi connectivity index (χ3v) is 5.09. The molecule has 0 spiro atoms. The molecule has 1 amide bonds. The van der Waals surface area contributed by atoms with Crippen LogP contribution in [0.15, 0.2) is 36.4 Å². The Kier molecular flexibility index (Phi) is 8.02. The first-order chi connectivity index (χ1) is 13.3. The number of esters is 1. The summed E-state index contributed by atoms with van der Waals surface area (Å²) in [4.78, 5) is 30.8. The van der Waals surface area contributed by atoms with Crippen molar-refractivity contribution in [1.82, 2.24) is 9.88 Å². The summed E-state index contributed by atoms with van der Waals surface area (Å²) < 4.78 is 10.8. The normalized spacial score (nSPS) is 10.4. The number of aromatic nitrogens is 1. The van der Waals surface area contributed by atoms with Crippen molar-refractivity contribution < 1.29 is 19.1 Å². The maximum atomic E-state index is 12.3. The number of benzene rings is 1. The van der Waals surface area contributed by atoms with Gasteiger partial charge in [-0.2, -0.15) is 0 Å². The van der Waals surface area contributed by atoms with E-state index in [0.717, 1.165) is 5.57 Å². The lowest BCUT2D eigenvalue weighted by molar-refractivity contribution is -0.133. The number of ether oxygens (including phenoxy) is 2. The maximum absolute atomic E-state index is 12.3. The molecule has 2 aromatic rings. The van der Waals surface area contributed by atoms with Crippen molar-refractivity contribution in [3.63, 3.8) is 0 Å². The predicted molar refractivity (Wildman–Crippen MR) is 110 cm³/mol. The highest BCUT2D eigenvalue weighted by molar-refractivity contribution is 7.13. The topological polar surface area (TPSA) is 68.7 Å². The zero-order valence-corrected chi connectivity index (χ0v) is 17.7. The van der Waals surface area contributed by atoms with Crippen molar-refractivity contribution in [3.8, 4) is 5.75 Å². The number of nitrogens with zero attached hydrogens (tertiary/aromatic N) is 2. The van der Waals surface area contributed by atoms with Crippen molar-refractivity contribution in [2.45, 2.75) is 27.4 Å². The molecule has 28 heavy (non-hydrogen) atoms. The molecule has 0 aliphatic carbocycles. The monoisotopic (exact) mass is 422 g/mol. The molecule has 150 valence electrons. The summed E-state index contributed by atoms with van der Waals surface area (Å²) in [6.45, 7) is 10.1. The number of amides is 1. The quantitative estimate of drug-likeness (QED) is 0.446. The number of hydrogen-bond acceptors (Lipinski definition) is 6. The summed E-state index contributed by atoms with van der Waals surface area (Å²) in [5, 5.41) is 1.27. The largest absolute Gasteiger partial charge is 0.486 e. The highest BCUT2D eigenvalue weighted by Crippen LogP contribution is 2.22. The van der Waals surface area contributed by atoms with E-state index in [2.05, 4.69) is 11.6 Å². The van der Waals surface area contributed by atoms with Gasteiger partial charge >= 0.3 is 5.97 Å². The molecule has 0 bridgehead atoms. The number of carbonyl (C=O) groups excluding carboxylic acids is 2. The van der Waals surface area contributed by atoms with E-state index in [1.165, 1.54) is 11.3 Å². The summed E-state index contributed by atoms with van der Waals surface area (Å²) in [5.74, 6) is -0.163. The number of carbonyl (C=O) groups is 2. The Labute approximate surface area is 173 Å². The van der Waals surface area contributed by atoms with Crippen LogP contribution in [0.3, 0.4) is 0 Å². The van der Waals surface area contributed by atoms with Gasteiger partial charge in [-0.15, -0.1) is 11.3 Å². The van der Waals surface area contributed by atoms with Crippen LogP contribution in [-0.2, 0) is 16.1 Å². The van der Waals surface area contributed by atoms with E-state index in [4.69, 9.17) is 21.1 Å². The first-order valence-corrected chi connectivity index (χ1v) is 9.93. The molecule has 0 N–H and O–H groups in total. The van der Waals surface area contributed by atoms with E-state index >= 15 is 0 Å². The number of likely N-dealkylation sites (N-methyl/N-ethyl adjacent to an activating group) is 1. The second-order valence-corrected chi connectivity index (χ2v) is 7.73. The summed E-state index contributed by atoms with van der Waals surface area (Å²) in [5.41, 5.74) is 1.41. The highest BCUT2D eigenvalue weighted by Gasteiger charge is 2.20. The predicted octanol–water partition coefficient (Wildman–Crippen LogP) is 4.27. The fourth-order valence-electron chi connectivity index (χ4n) is 2.37. The fourth-order valence-corrected chi connectivity index (χ4v) is 3.36. The number of thiazole rings is 1. The van der Waals surface area contributed by atoms with Crippen LogP contribution >= 0.6 is 22.9 Å². The Morgan fingerprint density at radius 2 is 1.96 bits per heavy atom. The highest BCUT2D eigenvalue weighted by atomic mass is 35.5. The van der Waals surface area contributed by atoms with Gasteiger partial charge in [0.25, 0.3) is 5.91 Å². The number of aryl methyl sites for hydroxylation is 1. The number of rotatable bonds is 9. The molecule has 1 aromatic carbocycles. The molecule has 8 heteroatoms. The smallest absolute Gasteiger partial charge is 0.350 e. The van der Waals surface area contributed by atoms with Gasteiger partial charge in [-0.05, 0) is 45.0 Å². The van der Waals surface area contributed by atoms with E-state index in [0.29, 0.717) is 39.4 Å². The Balaban J connectivity index is 1.92. The van der Waals surface area contributed by atoms with E-state index in [1.807, 2.05) is 13.8 Å². The molecule has 0 unspecified atom stereocenters. The molecule has 2 rings (SSSR count). The van der Waals surface area contributed by atoms with Crippen LogP contribution < -0.4 is 4.74 Å². The molecule has 1 heterocycles. The van der Waals surface area contributed by atoms with Gasteiger partial charge in [0.2, 0.25) is 0 Å². The number of hydrogen-bond donors (Lipinski definition) is 0. The zero-order chi connectivity index (χ0) is 20.7. The molecular weight excluding hydrogens is 400 g/mol. The molecule has 0 atom stereocenters. The van der Waals surface area contributed by atoms with Crippen LogP contribution in [0, 0.1) is 6.92 Å². The summed E-state index contributed by atoms with van der Waals surface area (Å²) >= 11 is 7.04. The minimum Gasteiger partial charge on any atom is -0.486 e. The molecular formula is C20H23ClN2O4S. The van der Waals surface area contributed by atoms with E-state index < -0.39 is 5.97 Å². The van der Waals surface area contributed by atoms with Gasteiger partial charge in [0, 0.05) is 18.1 Å². The van der Waals surface area contributed by atoms with E-state index in [9.17, 15) is 9.59 Å². The second-order valence-electron chi connectivity index (χ2n) is 6.21. The van der Waals surface area contributed by atoms with Gasteiger partial charge in [0.15, 0.2) is 6.61 Å². The average Bonchev–Trinajstić information content (AvgIpc) is 3.04. The standard InChI is InChI=1S/C20H23ClN2O4S/c1-5-23(10-13(2)3)18(24)12-27-20(25)19-14(4)22-17(28-19)11-26-16-8-6-15(21)7-9-16/h6-9H,2,5,10-12H2,1,3-4H3. The first kappa shape index (κ1) is 21.9. The minimum absolute atomic E-state index is 0.224. The SMILES string of the molecule is C=C(C)CN(CC)C(=O)COC(=O)c1sc(COc2ccc(Cl)cc2)nc1C. The van der Waals surface area contributed by atoms with Gasteiger partial charge in [-0.25, -0.2) is 9.78 Å². The van der Waals surface area contributed by atoms with Crippen molar-refractivity contribution in [3.05, 3.63) is 57.0 Å². The van der Waals surface area contributed by atoms with Gasteiger partial charge in [-0.3, -0.25) is 4.79 Å². The third-order valence-electron chi connectivity index (χ3n) is 3.72. The van der Waals surface area contributed by atoms with E-state index in [1.54, 1.807) is 36.1 Å². The Hall–Kier alpha value is -2.38. The van der Waals surface area contributed by atoms with Crippen LogP contribution in [0.4, 0.5) is 0 Å². The van der Waals surface area contributed by atoms with Crippen LogP contribution in [-0.4, -0.2) is 41.5 Å². The maximum Gasteiger partial charge on any atom is 0.350 e. The Bertz CT molecular complexity index is 848. The van der Waals surface area contributed by atoms with Crippen LogP contribution in [0.25, 0.3) is 0 Å². The van der Waals surface area contributed by atoms with Gasteiger partial charge in [0.1, 0.15) is 22.2 Å². The summed E-state index contributed by atoms with van der Waals surface area (Å²) in [6, 6.07) is 6.98. The summed E-state index contributed by atoms with van der Waals surface area (Å²) in [7, 11) is 0. The van der Waals surface area contributed by atoms with Crippen molar-refractivity contribution >= 4 is 34.8 Å². The summed E-state index contributed by atoms with van der Waals surface area (Å²) in [6.07, 6.45) is 0. The molecule has 6 nitrogen and oxygen atoms in total. The van der Waals surface area contributed by atoms with Gasteiger partial charge in [0.05, 0.1) is 5.69 Å². The lowest BCUT2D eigenvalue weighted by atomic mass is 10.3. The zero-order valence-electron chi connectivity index (χ0n) is 16.2. The first-order valence-electron chi connectivity index (χ1n) is 8.74. The van der Waals surface area contributed by atoms with Crippen LogP contribution in [0.1, 0.15) is 34.2 Å². The molecule has 0 aliphatic rings. The lowest BCUT2D eigenvalue weighted by Crippen LogP contribution is -2.35. The molecule has 1 aromatic heterocycles. The van der Waals surface area contributed by atoms with Gasteiger partial charge < -0.3 is 14.4 Å². The fraction of sp³-hybridized carbons (Fsp3) is 0.350. The van der Waals surface area contributed by atoms with Gasteiger partial charge in [-0.1, -0.05) is 23.8 Å². The van der Waals surface area contributed by atoms with E-state index in [-0.39, 0.29) is 19.1 Å². The van der Waals surface area contributed by atoms with Crippen LogP contribution in [0.2, 0.25) is 5.02 Å². The molecule has 0 aliphatic heterocycles. The number of halogens is 1. The molecule has 0 radical (unpaired) electrons. The average molecular weight is 423 g/mol. The Morgan fingerprint density at radius 3 is 2.57 bits per heavy atom. The molecule has 0 saturated heterocycles. The Morgan fingerprint density at radius 1 is 1.29 bits per heavy atom. The van der Waals surface area contributed by atoms with Crippen molar-refractivity contribution in [2.75, 3.05) is 19.7 Å². The third kappa shape index (κ3) is 6.35.